The van der Waals surface area contributed by atoms with E-state index >= 15 is 0 Å². The van der Waals surface area contributed by atoms with Gasteiger partial charge in [0.1, 0.15) is 0 Å². The Hall–Kier alpha value is -3.40. The second kappa shape index (κ2) is 6.01. The summed E-state index contributed by atoms with van der Waals surface area (Å²) >= 11 is 5.99. The molecule has 0 unspecified atom stereocenters. The van der Waals surface area contributed by atoms with E-state index in [4.69, 9.17) is 16.1 Å². The third-order valence-electron chi connectivity index (χ3n) is 3.01. The summed E-state index contributed by atoms with van der Waals surface area (Å²) in [7, 11) is 0. The Balaban J connectivity index is 2.03. The molecular weight excluding hydrogens is 342 g/mol. The van der Waals surface area contributed by atoms with Crippen molar-refractivity contribution in [3.8, 4) is 23.0 Å². The number of benzene rings is 1. The van der Waals surface area contributed by atoms with Crippen molar-refractivity contribution in [1.29, 1.82) is 0 Å². The van der Waals surface area contributed by atoms with E-state index in [2.05, 4.69) is 15.1 Å². The van der Waals surface area contributed by atoms with Crippen molar-refractivity contribution in [3.63, 3.8) is 0 Å². The van der Waals surface area contributed by atoms with Gasteiger partial charge in [-0.25, -0.2) is 4.98 Å². The van der Waals surface area contributed by atoms with Crippen molar-refractivity contribution < 1.29 is 14.4 Å². The Labute approximate surface area is 138 Å². The van der Waals surface area contributed by atoms with Gasteiger partial charge < -0.3 is 4.52 Å². The van der Waals surface area contributed by atoms with E-state index in [-0.39, 0.29) is 39.4 Å². The van der Waals surface area contributed by atoms with E-state index in [9.17, 15) is 20.2 Å². The van der Waals surface area contributed by atoms with Gasteiger partial charge in [-0.1, -0.05) is 16.8 Å². The van der Waals surface area contributed by atoms with Gasteiger partial charge in [-0.3, -0.25) is 20.2 Å². The molecule has 0 atom stereocenters. The quantitative estimate of drug-likeness (QED) is 0.517. The molecule has 0 spiro atoms. The van der Waals surface area contributed by atoms with Crippen molar-refractivity contribution in [2.75, 3.05) is 0 Å². The first-order chi connectivity index (χ1) is 11.5. The Bertz CT molecular complexity index is 957. The lowest BCUT2D eigenvalue weighted by atomic mass is 10.2. The number of nitro benzene ring substituents is 1. The molecule has 2 heterocycles. The summed E-state index contributed by atoms with van der Waals surface area (Å²) in [5.74, 6) is -0.128. The summed E-state index contributed by atoms with van der Waals surface area (Å²) in [5, 5.41) is 25.4. The van der Waals surface area contributed by atoms with Gasteiger partial charge in [-0.15, -0.1) is 0 Å². The zero-order chi connectivity index (χ0) is 17.3. The van der Waals surface area contributed by atoms with Crippen LogP contribution in [0.15, 0.2) is 41.1 Å². The normalized spacial score (nSPS) is 10.5. The first-order valence-corrected chi connectivity index (χ1v) is 6.73. The highest BCUT2D eigenvalue weighted by atomic mass is 35.5. The summed E-state index contributed by atoms with van der Waals surface area (Å²) in [6.07, 6.45) is 1.36. The molecule has 0 fully saturated rings. The fourth-order valence-corrected chi connectivity index (χ4v) is 2.19. The molecule has 11 heteroatoms. The average Bonchev–Trinajstić information content (AvgIpc) is 3.04. The Morgan fingerprint density at radius 2 is 1.92 bits per heavy atom. The molecule has 2 aromatic heterocycles. The van der Waals surface area contributed by atoms with Crippen LogP contribution in [0.3, 0.4) is 0 Å². The number of hydrogen-bond acceptors (Lipinski definition) is 8. The van der Waals surface area contributed by atoms with Crippen molar-refractivity contribution >= 4 is 23.0 Å². The number of non-ortho nitro benzene ring substituents is 1. The van der Waals surface area contributed by atoms with Crippen LogP contribution in [0.25, 0.3) is 23.0 Å². The van der Waals surface area contributed by atoms with Crippen molar-refractivity contribution in [3.05, 3.63) is 61.8 Å². The lowest BCUT2D eigenvalue weighted by Gasteiger charge is -1.98. The molecule has 3 rings (SSSR count). The number of nitro groups is 2. The van der Waals surface area contributed by atoms with Gasteiger partial charge in [-0.2, -0.15) is 4.98 Å². The third kappa shape index (κ3) is 2.77. The maximum Gasteiger partial charge on any atom is 0.298 e. The number of rotatable bonds is 4. The van der Waals surface area contributed by atoms with E-state index in [1.54, 1.807) is 0 Å². The maximum absolute atomic E-state index is 11.0. The van der Waals surface area contributed by atoms with Gasteiger partial charge >= 0.3 is 0 Å². The highest BCUT2D eigenvalue weighted by Gasteiger charge is 2.22. The monoisotopic (exact) mass is 347 g/mol. The maximum atomic E-state index is 11.0. The van der Waals surface area contributed by atoms with Crippen LogP contribution < -0.4 is 0 Å². The van der Waals surface area contributed by atoms with Gasteiger partial charge in [0.2, 0.25) is 5.82 Å². The predicted molar refractivity (Wildman–Crippen MR) is 81.3 cm³/mol. The zero-order valence-electron chi connectivity index (χ0n) is 11.6. The minimum absolute atomic E-state index is 0.0370. The molecule has 0 amide bonds. The molecule has 0 saturated heterocycles. The highest BCUT2D eigenvalue weighted by molar-refractivity contribution is 6.33. The first-order valence-electron chi connectivity index (χ1n) is 6.35. The standard InChI is InChI=1S/C13H6ClN5O5/c14-9-6-7(18(20)21)3-4-8(9)13-16-12(17-24-13)11-10(19(22)23)2-1-5-15-11/h1-6H. The summed E-state index contributed by atoms with van der Waals surface area (Å²) in [6.45, 7) is 0. The van der Waals surface area contributed by atoms with Crippen LogP contribution in [0.5, 0.6) is 0 Å². The molecule has 0 N–H and O–H groups in total. The number of pyridine rings is 1. The molecule has 120 valence electrons. The fourth-order valence-electron chi connectivity index (χ4n) is 1.94. The minimum Gasteiger partial charge on any atom is -0.333 e. The van der Waals surface area contributed by atoms with Crippen LogP contribution in [0.1, 0.15) is 0 Å². The van der Waals surface area contributed by atoms with Gasteiger partial charge in [0.25, 0.3) is 17.3 Å². The third-order valence-corrected chi connectivity index (χ3v) is 3.33. The Kier molecular flexibility index (Phi) is 3.88. The number of halogens is 1. The van der Waals surface area contributed by atoms with Crippen LogP contribution in [0.4, 0.5) is 11.4 Å². The first kappa shape index (κ1) is 15.5. The largest absolute Gasteiger partial charge is 0.333 e. The molecule has 24 heavy (non-hydrogen) atoms. The van der Waals surface area contributed by atoms with Crippen LogP contribution in [-0.2, 0) is 0 Å². The highest BCUT2D eigenvalue weighted by Crippen LogP contribution is 2.32. The summed E-state index contributed by atoms with van der Waals surface area (Å²) in [5.41, 5.74) is -0.265. The van der Waals surface area contributed by atoms with Crippen molar-refractivity contribution in [1.82, 2.24) is 15.1 Å². The SMILES string of the molecule is O=[N+]([O-])c1ccc(-c2nc(-c3ncccc3[N+](=O)[O-])no2)c(Cl)c1. The van der Waals surface area contributed by atoms with Crippen LogP contribution in [0, 0.1) is 20.2 Å². The summed E-state index contributed by atoms with van der Waals surface area (Å²) < 4.78 is 5.04. The van der Waals surface area contributed by atoms with Crippen molar-refractivity contribution in [2.24, 2.45) is 0 Å². The molecule has 0 aliphatic carbocycles. The van der Waals surface area contributed by atoms with Gasteiger partial charge in [-0.05, 0) is 12.1 Å². The van der Waals surface area contributed by atoms with Crippen LogP contribution in [0.2, 0.25) is 5.02 Å². The van der Waals surface area contributed by atoms with E-state index in [0.717, 1.165) is 6.07 Å². The number of aromatic nitrogens is 3. The van der Waals surface area contributed by atoms with Gasteiger partial charge in [0, 0.05) is 24.4 Å². The van der Waals surface area contributed by atoms with E-state index in [1.807, 2.05) is 0 Å². The average molecular weight is 348 g/mol. The van der Waals surface area contributed by atoms with E-state index < -0.39 is 9.85 Å². The van der Waals surface area contributed by atoms with Crippen LogP contribution in [-0.4, -0.2) is 25.0 Å². The number of nitrogens with zero attached hydrogens (tertiary/aromatic N) is 5. The lowest BCUT2D eigenvalue weighted by molar-refractivity contribution is -0.384. The molecule has 10 nitrogen and oxygen atoms in total. The summed E-state index contributed by atoms with van der Waals surface area (Å²) in [4.78, 5) is 28.4. The summed E-state index contributed by atoms with van der Waals surface area (Å²) in [6, 6.07) is 6.40. The molecule has 0 aliphatic heterocycles. The Morgan fingerprint density at radius 1 is 1.12 bits per heavy atom. The number of hydrogen-bond donors (Lipinski definition) is 0. The van der Waals surface area contributed by atoms with Gasteiger partial charge in [0.05, 0.1) is 20.4 Å². The Morgan fingerprint density at radius 3 is 2.58 bits per heavy atom. The van der Waals surface area contributed by atoms with Gasteiger partial charge in [0.15, 0.2) is 5.69 Å². The molecule has 3 aromatic rings. The van der Waals surface area contributed by atoms with E-state index in [1.165, 1.54) is 30.5 Å². The predicted octanol–water partition coefficient (Wildman–Crippen LogP) is 3.27. The smallest absolute Gasteiger partial charge is 0.298 e. The second-order valence-electron chi connectivity index (χ2n) is 4.47. The molecular formula is C13H6ClN5O5. The fraction of sp³-hybridized carbons (Fsp3) is 0. The minimum atomic E-state index is -0.614. The molecule has 0 radical (unpaired) electrons. The topological polar surface area (TPSA) is 138 Å². The zero-order valence-corrected chi connectivity index (χ0v) is 12.4. The molecule has 0 saturated carbocycles. The second-order valence-corrected chi connectivity index (χ2v) is 4.88. The lowest BCUT2D eigenvalue weighted by Crippen LogP contribution is -1.95. The molecule has 0 aliphatic rings. The molecule has 0 bridgehead atoms. The van der Waals surface area contributed by atoms with E-state index in [0.29, 0.717) is 0 Å². The van der Waals surface area contributed by atoms with Crippen molar-refractivity contribution in [2.45, 2.75) is 0 Å². The van der Waals surface area contributed by atoms with Crippen LogP contribution >= 0.6 is 11.6 Å². The molecule has 1 aromatic carbocycles.